The second-order valence-electron chi connectivity index (χ2n) is 0.695. The molecular formula is H4O3P2S. The van der Waals surface area contributed by atoms with Gasteiger partial charge in [-0.25, -0.2) is 0 Å². The van der Waals surface area contributed by atoms with Gasteiger partial charge in [0.2, 0.25) is 0 Å². The second-order valence-corrected chi connectivity index (χ2v) is 6.63. The minimum atomic E-state index is -3.75. The Morgan fingerprint density at radius 3 is 1.83 bits per heavy atom. The average molecular weight is 146 g/mol. The van der Waals surface area contributed by atoms with Gasteiger partial charge in [-0.15, -0.1) is 0 Å². The Hall–Kier alpha value is 0.800. The Morgan fingerprint density at radius 2 is 1.83 bits per heavy atom. The van der Waals surface area contributed by atoms with Gasteiger partial charge in [0.25, 0.3) is 0 Å². The molecule has 0 aromatic heterocycles. The van der Waals surface area contributed by atoms with E-state index >= 15 is 0 Å². The van der Waals surface area contributed by atoms with E-state index in [0.29, 0.717) is 0 Å². The lowest BCUT2D eigenvalue weighted by Gasteiger charge is -1.87. The first-order valence-electron chi connectivity index (χ1n) is 1.08. The van der Waals surface area contributed by atoms with Gasteiger partial charge >= 0.3 is 7.28 Å². The summed E-state index contributed by atoms with van der Waals surface area (Å²) in [6.07, 6.45) is 0. The van der Waals surface area contributed by atoms with Crippen molar-refractivity contribution in [2.24, 2.45) is 0 Å². The summed E-state index contributed by atoms with van der Waals surface area (Å²) in [5.74, 6) is 0. The Bertz CT molecular complexity index is 91.0. The van der Waals surface area contributed by atoms with Gasteiger partial charge in [0.05, 0.1) is 0 Å². The molecule has 0 spiro atoms. The van der Waals surface area contributed by atoms with Crippen LogP contribution in [-0.4, -0.2) is 9.79 Å². The van der Waals surface area contributed by atoms with Crippen molar-refractivity contribution in [1.29, 1.82) is 0 Å². The second kappa shape index (κ2) is 2.20. The van der Waals surface area contributed by atoms with Crippen molar-refractivity contribution < 1.29 is 14.4 Å². The molecule has 3 nitrogen and oxygen atoms in total. The van der Waals surface area contributed by atoms with Gasteiger partial charge in [-0.2, -0.15) is 0 Å². The SMILES string of the molecule is O=P(O)(O)[PH2]=S. The molecule has 0 heterocycles. The average Bonchev–Trinajstić information content (AvgIpc) is 1.35. The number of hydrogen-bond acceptors (Lipinski definition) is 2. The van der Waals surface area contributed by atoms with Gasteiger partial charge < -0.3 is 9.79 Å². The van der Waals surface area contributed by atoms with Crippen molar-refractivity contribution in [2.45, 2.75) is 0 Å². The van der Waals surface area contributed by atoms with Crippen LogP contribution in [-0.2, 0) is 16.4 Å². The van der Waals surface area contributed by atoms with Crippen molar-refractivity contribution in [3.05, 3.63) is 0 Å². The molecule has 38 valence electrons. The summed E-state index contributed by atoms with van der Waals surface area (Å²) in [6.45, 7) is 0. The largest absolute Gasteiger partial charge is 0.348 e. The van der Waals surface area contributed by atoms with Crippen molar-refractivity contribution in [3.63, 3.8) is 0 Å². The van der Waals surface area contributed by atoms with Crippen LogP contribution in [0.3, 0.4) is 0 Å². The van der Waals surface area contributed by atoms with Gasteiger partial charge in [-0.3, -0.25) is 4.57 Å². The first-order valence-corrected chi connectivity index (χ1v) is 6.19. The fraction of sp³-hybridized carbons (Fsp3) is 0. The third-order valence-electron chi connectivity index (χ3n) is 0.137. The molecule has 0 radical (unpaired) electrons. The maximum Gasteiger partial charge on any atom is 0.348 e. The number of rotatable bonds is 1. The summed E-state index contributed by atoms with van der Waals surface area (Å²) >= 11 is 4.11. The molecule has 6 heteroatoms. The topological polar surface area (TPSA) is 57.5 Å². The Morgan fingerprint density at radius 1 is 1.67 bits per heavy atom. The summed E-state index contributed by atoms with van der Waals surface area (Å²) in [7, 11) is -4.84. The third kappa shape index (κ3) is 4.80. The van der Waals surface area contributed by atoms with E-state index in [0.717, 1.165) is 0 Å². The molecule has 0 aromatic rings. The fourth-order valence-corrected chi connectivity index (χ4v) is 0. The zero-order chi connectivity index (χ0) is 5.21. The lowest BCUT2D eigenvalue weighted by Crippen LogP contribution is -1.55. The Labute approximate surface area is 41.3 Å². The van der Waals surface area contributed by atoms with E-state index in [9.17, 15) is 4.57 Å². The van der Waals surface area contributed by atoms with Gasteiger partial charge in [0.1, 0.15) is 0 Å². The molecule has 0 rings (SSSR count). The standard InChI is InChI=1S/H4O3P2S/c1-5(2,3)4-6/h4H2,(H2,1,2,3). The van der Waals surface area contributed by atoms with E-state index in [4.69, 9.17) is 9.79 Å². The molecule has 0 aromatic carbocycles. The van der Waals surface area contributed by atoms with Gasteiger partial charge in [-0.05, 0) is 0 Å². The molecule has 1 atom stereocenters. The first kappa shape index (κ1) is 6.80. The highest BCUT2D eigenvalue weighted by Crippen LogP contribution is 2.48. The van der Waals surface area contributed by atoms with E-state index in [1.807, 2.05) is 0 Å². The molecule has 2 N–H and O–H groups in total. The summed E-state index contributed by atoms with van der Waals surface area (Å²) in [6, 6.07) is 0. The van der Waals surface area contributed by atoms with Crippen molar-refractivity contribution in [3.8, 4) is 0 Å². The monoisotopic (exact) mass is 146 g/mol. The highest BCUT2D eigenvalue weighted by Gasteiger charge is 2.01. The van der Waals surface area contributed by atoms with Crippen LogP contribution in [0.2, 0.25) is 0 Å². The number of hydrogen-bond donors (Lipinski definition) is 2. The predicted octanol–water partition coefficient (Wildman–Crippen LogP) is -0.0482. The predicted molar refractivity (Wildman–Crippen MR) is 29.1 cm³/mol. The van der Waals surface area contributed by atoms with Gasteiger partial charge in [0, 0.05) is 7.04 Å². The molecule has 1 unspecified atom stereocenters. The molecule has 0 bridgehead atoms. The minimum Gasteiger partial charge on any atom is -0.321 e. The fourth-order valence-electron chi connectivity index (χ4n) is 0. The molecule has 0 amide bonds. The van der Waals surface area contributed by atoms with Crippen LogP contribution >= 0.6 is 14.3 Å². The smallest absolute Gasteiger partial charge is 0.321 e. The normalized spacial score (nSPS) is 13.7. The first-order chi connectivity index (χ1) is 2.56. The molecule has 0 fully saturated rings. The summed E-state index contributed by atoms with van der Waals surface area (Å²) < 4.78 is 9.63. The van der Waals surface area contributed by atoms with Crippen LogP contribution in [0.15, 0.2) is 0 Å². The summed E-state index contributed by atoms with van der Waals surface area (Å²) in [5.41, 5.74) is 0. The summed E-state index contributed by atoms with van der Waals surface area (Å²) in [5, 5.41) is 0. The maximum absolute atomic E-state index is 9.63. The highest BCUT2D eigenvalue weighted by molar-refractivity contribution is 8.35. The van der Waals surface area contributed by atoms with Crippen LogP contribution in [0.5, 0.6) is 0 Å². The molecule has 0 saturated heterocycles. The van der Waals surface area contributed by atoms with E-state index < -0.39 is 14.3 Å². The third-order valence-corrected chi connectivity index (χ3v) is 3.71. The lowest BCUT2D eigenvalue weighted by atomic mass is 15.8. The van der Waals surface area contributed by atoms with Crippen LogP contribution < -0.4 is 0 Å². The van der Waals surface area contributed by atoms with Gasteiger partial charge in [-0.1, -0.05) is 11.8 Å². The zero-order valence-corrected chi connectivity index (χ0v) is 5.60. The summed E-state index contributed by atoms with van der Waals surface area (Å²) in [4.78, 5) is 15.7. The lowest BCUT2D eigenvalue weighted by molar-refractivity contribution is 0.396. The van der Waals surface area contributed by atoms with Gasteiger partial charge in [0.15, 0.2) is 0 Å². The van der Waals surface area contributed by atoms with Crippen molar-refractivity contribution in [2.75, 3.05) is 0 Å². The van der Waals surface area contributed by atoms with Crippen LogP contribution in [0.4, 0.5) is 0 Å². The molecule has 0 saturated carbocycles. The van der Waals surface area contributed by atoms with E-state index in [1.165, 1.54) is 0 Å². The molecule has 0 aliphatic carbocycles. The molecule has 0 aliphatic rings. The van der Waals surface area contributed by atoms with Crippen LogP contribution in [0.25, 0.3) is 0 Å². The quantitative estimate of drug-likeness (QED) is 0.509. The Kier molecular flexibility index (Phi) is 2.49. The van der Waals surface area contributed by atoms with E-state index in [2.05, 4.69) is 11.8 Å². The molecular weight excluding hydrogens is 142 g/mol. The Balaban J connectivity index is 3.81. The molecule has 6 heavy (non-hydrogen) atoms. The zero-order valence-electron chi connectivity index (χ0n) is 2.74. The van der Waals surface area contributed by atoms with Crippen molar-refractivity contribution >= 4 is 26.1 Å². The molecule has 0 aliphatic heterocycles. The van der Waals surface area contributed by atoms with E-state index in [-0.39, 0.29) is 0 Å². The van der Waals surface area contributed by atoms with E-state index in [1.54, 1.807) is 0 Å². The minimum absolute atomic E-state index is 1.09. The highest BCUT2D eigenvalue weighted by atomic mass is 32.6. The maximum atomic E-state index is 9.63. The van der Waals surface area contributed by atoms with Crippen LogP contribution in [0, 0.1) is 0 Å². The van der Waals surface area contributed by atoms with Crippen LogP contribution in [0.1, 0.15) is 0 Å². The van der Waals surface area contributed by atoms with Crippen molar-refractivity contribution in [1.82, 2.24) is 0 Å².